The summed E-state index contributed by atoms with van der Waals surface area (Å²) in [7, 11) is 6.25. The van der Waals surface area contributed by atoms with Gasteiger partial charge in [-0.15, -0.1) is 0 Å². The van der Waals surface area contributed by atoms with Gasteiger partial charge in [-0.3, -0.25) is 33.6 Å². The number of carboxylic acids is 1. The predicted molar refractivity (Wildman–Crippen MR) is 165 cm³/mol. The van der Waals surface area contributed by atoms with E-state index in [1.54, 1.807) is 0 Å². The molecule has 0 unspecified atom stereocenters. The highest BCUT2D eigenvalue weighted by molar-refractivity contribution is 8.77. The van der Waals surface area contributed by atoms with Crippen molar-refractivity contribution in [3.63, 3.8) is 0 Å². The Labute approximate surface area is 260 Å². The highest BCUT2D eigenvalue weighted by Crippen LogP contribution is 2.27. The van der Waals surface area contributed by atoms with Gasteiger partial charge >= 0.3 is 5.97 Å². The lowest BCUT2D eigenvalue weighted by Crippen LogP contribution is -2.58. The number of likely N-dealkylation sites (N-methyl/N-ethyl adjacent to an activating group) is 1. The van der Waals surface area contributed by atoms with Crippen molar-refractivity contribution in [3.8, 4) is 0 Å². The molecule has 14 nitrogen and oxygen atoms in total. The van der Waals surface area contributed by atoms with Crippen LogP contribution >= 0.6 is 43.2 Å². The van der Waals surface area contributed by atoms with Gasteiger partial charge in [0.15, 0.2) is 11.6 Å². The average Bonchev–Trinajstić information content (AvgIpc) is 2.90. The quantitative estimate of drug-likeness (QED) is 0.164. The van der Waals surface area contributed by atoms with Gasteiger partial charge in [-0.05, 0) is 27.8 Å². The number of amides is 3. The largest absolute Gasteiger partial charge is 0.481 e. The molecule has 8 N–H and O–H groups in total. The maximum Gasteiger partial charge on any atom is 0.305 e. The van der Waals surface area contributed by atoms with Gasteiger partial charge in [0.25, 0.3) is 0 Å². The van der Waals surface area contributed by atoms with Crippen LogP contribution in [0.5, 0.6) is 0 Å². The summed E-state index contributed by atoms with van der Waals surface area (Å²) < 4.78 is 0. The number of Topliss-reactive ketones (excluding diaryl/α,β-unsaturated/α-hetero) is 3. The molecule has 7 atom stereocenters. The zero-order chi connectivity index (χ0) is 32.0. The second-order valence-corrected chi connectivity index (χ2v) is 14.7. The molecular weight excluding hydrogens is 631 g/mol. The minimum atomic E-state index is -1.38. The Bertz CT molecular complexity index is 1000. The zero-order valence-electron chi connectivity index (χ0n) is 23.7. The molecule has 0 bridgehead atoms. The molecule has 1 heterocycles. The summed E-state index contributed by atoms with van der Waals surface area (Å²) in [6.07, 6.45) is -2.27. The van der Waals surface area contributed by atoms with Gasteiger partial charge in [-0.2, -0.15) is 0 Å². The van der Waals surface area contributed by atoms with E-state index >= 15 is 0 Å². The van der Waals surface area contributed by atoms with Gasteiger partial charge in [-0.1, -0.05) is 43.2 Å². The van der Waals surface area contributed by atoms with Crippen LogP contribution < -0.4 is 27.0 Å². The number of hydrogen-bond acceptors (Lipinski definition) is 14. The molecule has 3 amide bonds. The van der Waals surface area contributed by atoms with Crippen molar-refractivity contribution in [2.45, 2.75) is 69.9 Å². The van der Waals surface area contributed by atoms with Crippen LogP contribution in [0.1, 0.15) is 33.6 Å². The Morgan fingerprint density at radius 2 is 1.50 bits per heavy atom. The number of nitrogens with one attached hydrogen (secondary N) is 4. The average molecular weight is 670 g/mol. The van der Waals surface area contributed by atoms with E-state index in [9.17, 15) is 43.8 Å². The number of carbonyl (C=O) groups excluding carboxylic acids is 6. The number of carboxylic acid groups (broad SMARTS) is 1. The summed E-state index contributed by atoms with van der Waals surface area (Å²) in [6.45, 7) is 3.91. The van der Waals surface area contributed by atoms with E-state index in [1.807, 2.05) is 0 Å². The van der Waals surface area contributed by atoms with Gasteiger partial charge in [0.05, 0.1) is 36.7 Å². The van der Waals surface area contributed by atoms with Gasteiger partial charge < -0.3 is 37.2 Å². The van der Waals surface area contributed by atoms with Crippen LogP contribution in [0.15, 0.2) is 0 Å². The number of aliphatic hydroxyl groups is 1. The minimum absolute atomic E-state index is 0.0671. The summed E-state index contributed by atoms with van der Waals surface area (Å²) in [5, 5.41) is 29.7. The third-order valence-corrected chi connectivity index (χ3v) is 11.1. The summed E-state index contributed by atoms with van der Waals surface area (Å²) in [5.74, 6) is -5.00. The fourth-order valence-corrected chi connectivity index (χ4v) is 8.45. The molecule has 0 aromatic rings. The Balaban J connectivity index is 3.21. The molecule has 1 saturated heterocycles. The normalized spacial score (nSPS) is 29.1. The molecule has 42 heavy (non-hydrogen) atoms. The van der Waals surface area contributed by atoms with Crippen LogP contribution in [0.4, 0.5) is 0 Å². The molecular formula is C24H39N5O9S4. The van der Waals surface area contributed by atoms with E-state index in [2.05, 4.69) is 21.3 Å². The summed E-state index contributed by atoms with van der Waals surface area (Å²) in [5.41, 5.74) is 5.95. The molecule has 0 aromatic heterocycles. The van der Waals surface area contributed by atoms with Crippen molar-refractivity contribution in [1.82, 2.24) is 21.3 Å². The highest BCUT2D eigenvalue weighted by Gasteiger charge is 2.32. The summed E-state index contributed by atoms with van der Waals surface area (Å²) in [6, 6.07) is -5.57. The topological polar surface area (TPSA) is 234 Å². The summed E-state index contributed by atoms with van der Waals surface area (Å²) in [4.78, 5) is 87.3. The maximum absolute atomic E-state index is 13.0. The van der Waals surface area contributed by atoms with Gasteiger partial charge in [0, 0.05) is 35.4 Å². The monoisotopic (exact) mass is 669 g/mol. The molecule has 1 aliphatic rings. The van der Waals surface area contributed by atoms with Gasteiger partial charge in [0.2, 0.25) is 17.7 Å². The zero-order valence-corrected chi connectivity index (χ0v) is 27.0. The van der Waals surface area contributed by atoms with Crippen molar-refractivity contribution in [2.24, 2.45) is 11.7 Å². The van der Waals surface area contributed by atoms with E-state index in [0.29, 0.717) is 0 Å². The molecule has 0 aromatic carbocycles. The molecule has 0 radical (unpaired) electrons. The lowest BCUT2D eigenvalue weighted by Gasteiger charge is -2.26. The van der Waals surface area contributed by atoms with E-state index < -0.39 is 78.1 Å². The first-order valence-electron chi connectivity index (χ1n) is 12.9. The first kappa shape index (κ1) is 38.2. The Hall–Kier alpha value is -1.83. The minimum Gasteiger partial charge on any atom is -0.481 e. The van der Waals surface area contributed by atoms with Crippen LogP contribution in [0.25, 0.3) is 0 Å². The molecule has 18 heteroatoms. The molecule has 0 saturated carbocycles. The van der Waals surface area contributed by atoms with Crippen LogP contribution in [-0.2, 0) is 33.6 Å². The molecule has 0 spiro atoms. The Morgan fingerprint density at radius 3 is 2.05 bits per heavy atom. The smallest absolute Gasteiger partial charge is 0.305 e. The van der Waals surface area contributed by atoms with Crippen molar-refractivity contribution in [3.05, 3.63) is 0 Å². The lowest BCUT2D eigenvalue weighted by atomic mass is 9.95. The van der Waals surface area contributed by atoms with Crippen molar-refractivity contribution < 1.29 is 43.8 Å². The third-order valence-electron chi connectivity index (χ3n) is 6.13. The SMILES string of the molecule is CN[C@H]1CSSC[C@H](N)C(=O)N[C@@H](CC(=O)O)C(=O)C[C@H](C(C)=O)CSSC[C@@H](C(C)=O)NC(=O)[C@H]([C@@H](C)O)NC1=O. The van der Waals surface area contributed by atoms with Crippen LogP contribution in [0.2, 0.25) is 0 Å². The van der Waals surface area contributed by atoms with Crippen LogP contribution in [-0.4, -0.2) is 118 Å². The lowest BCUT2D eigenvalue weighted by molar-refractivity contribution is -0.140. The fourth-order valence-electron chi connectivity index (χ4n) is 3.43. The Morgan fingerprint density at radius 1 is 0.905 bits per heavy atom. The van der Waals surface area contributed by atoms with Crippen molar-refractivity contribution in [1.29, 1.82) is 0 Å². The Kier molecular flexibility index (Phi) is 17.7. The first-order valence-corrected chi connectivity index (χ1v) is 17.9. The van der Waals surface area contributed by atoms with Crippen molar-refractivity contribution in [2.75, 3.05) is 30.1 Å². The predicted octanol–water partition coefficient (Wildman–Crippen LogP) is -1.26. The van der Waals surface area contributed by atoms with E-state index in [1.165, 1.54) is 71.0 Å². The van der Waals surface area contributed by atoms with Crippen LogP contribution in [0, 0.1) is 5.92 Å². The molecule has 0 aliphatic carbocycles. The third kappa shape index (κ3) is 13.6. The fraction of sp³-hybridized carbons (Fsp3) is 0.708. The number of hydrogen-bond donors (Lipinski definition) is 7. The molecule has 1 aliphatic heterocycles. The van der Waals surface area contributed by atoms with E-state index in [0.717, 1.165) is 0 Å². The maximum atomic E-state index is 13.0. The highest BCUT2D eigenvalue weighted by atomic mass is 33.1. The molecule has 238 valence electrons. The number of aliphatic hydroxyl groups excluding tert-OH is 1. The number of aliphatic carboxylic acids is 1. The molecule has 1 fully saturated rings. The summed E-state index contributed by atoms with van der Waals surface area (Å²) >= 11 is 0. The number of ketones is 3. The van der Waals surface area contributed by atoms with Crippen molar-refractivity contribution >= 4 is 84.2 Å². The second kappa shape index (κ2) is 19.4. The first-order chi connectivity index (χ1) is 19.7. The molecule has 1 rings (SSSR count). The number of rotatable bonds is 6. The van der Waals surface area contributed by atoms with Gasteiger partial charge in [-0.25, -0.2) is 0 Å². The van der Waals surface area contributed by atoms with E-state index in [4.69, 9.17) is 5.73 Å². The number of carbonyl (C=O) groups is 7. The van der Waals surface area contributed by atoms with Crippen LogP contribution in [0.3, 0.4) is 0 Å². The number of nitrogens with two attached hydrogens (primary N) is 1. The second-order valence-electron chi connectivity index (χ2n) is 9.62. The van der Waals surface area contributed by atoms with Gasteiger partial charge in [0.1, 0.15) is 11.8 Å². The van der Waals surface area contributed by atoms with E-state index in [-0.39, 0.29) is 41.0 Å². The standard InChI is InChI=1S/C24H39N5O9S4/c1-11(30)14-5-19(33)16(6-20(34)35)27-22(36)15(25)8-40-42-10-18(26-4)23(37)29-21(13(3)32)24(38)28-17(12(2)31)9-41-39-7-14/h13-18,21,26,32H,5-10,25H2,1-4H3,(H,27,36)(H,28,38)(H,29,37)(H,34,35)/t13-,14+,15+,16+,17+,18+,21+/m1/s1.